The van der Waals surface area contributed by atoms with Gasteiger partial charge in [0, 0.05) is 10.9 Å². The SMILES string of the molecule is Cc1ccc(N2c3ccccc3S(=O)(=O)c3c2oc2ccccc32)c(-c2ccccc2)c1. The second-order valence-electron chi connectivity index (χ2n) is 7.93. The maximum absolute atomic E-state index is 13.7. The minimum Gasteiger partial charge on any atom is -0.438 e. The summed E-state index contributed by atoms with van der Waals surface area (Å²) in [6.45, 7) is 2.05. The molecule has 4 nitrogen and oxygen atoms in total. The molecule has 156 valence electrons. The zero-order chi connectivity index (χ0) is 21.9. The van der Waals surface area contributed by atoms with Crippen molar-refractivity contribution in [2.75, 3.05) is 4.90 Å². The number of fused-ring (bicyclic) bond motifs is 4. The van der Waals surface area contributed by atoms with Gasteiger partial charge < -0.3 is 4.42 Å². The third-order valence-corrected chi connectivity index (χ3v) is 7.73. The second-order valence-corrected chi connectivity index (χ2v) is 9.78. The molecule has 0 fully saturated rings. The minimum absolute atomic E-state index is 0.214. The molecule has 1 aromatic heterocycles. The Hall–Kier alpha value is -3.83. The van der Waals surface area contributed by atoms with Gasteiger partial charge in [0.15, 0.2) is 0 Å². The van der Waals surface area contributed by atoms with Gasteiger partial charge in [0.2, 0.25) is 15.7 Å². The number of hydrogen-bond acceptors (Lipinski definition) is 4. The number of para-hydroxylation sites is 2. The Morgan fingerprint density at radius 2 is 1.47 bits per heavy atom. The molecule has 0 radical (unpaired) electrons. The van der Waals surface area contributed by atoms with Crippen molar-refractivity contribution < 1.29 is 12.8 Å². The highest BCUT2D eigenvalue weighted by Gasteiger charge is 2.40. The first-order chi connectivity index (χ1) is 15.6. The quantitative estimate of drug-likeness (QED) is 0.292. The molecule has 0 saturated carbocycles. The molecule has 32 heavy (non-hydrogen) atoms. The fourth-order valence-corrected chi connectivity index (χ4v) is 6.17. The Kier molecular flexibility index (Phi) is 4.04. The molecule has 0 atom stereocenters. The van der Waals surface area contributed by atoms with Gasteiger partial charge in [-0.05, 0) is 48.9 Å². The number of rotatable bonds is 2. The van der Waals surface area contributed by atoms with Crippen LogP contribution < -0.4 is 4.90 Å². The Labute approximate surface area is 186 Å². The monoisotopic (exact) mass is 437 g/mol. The first-order valence-electron chi connectivity index (χ1n) is 10.4. The lowest BCUT2D eigenvalue weighted by molar-refractivity contribution is 0.581. The summed E-state index contributed by atoms with van der Waals surface area (Å²) in [7, 11) is -3.75. The molecule has 0 saturated heterocycles. The second kappa shape index (κ2) is 6.84. The Morgan fingerprint density at radius 3 is 2.31 bits per heavy atom. The van der Waals surface area contributed by atoms with Crippen LogP contribution in [0.5, 0.6) is 0 Å². The highest BCUT2D eigenvalue weighted by molar-refractivity contribution is 7.92. The fourth-order valence-electron chi connectivity index (χ4n) is 4.44. The van der Waals surface area contributed by atoms with Crippen LogP contribution in [0, 0.1) is 6.92 Å². The van der Waals surface area contributed by atoms with Crippen molar-refractivity contribution in [2.24, 2.45) is 0 Å². The van der Waals surface area contributed by atoms with Crippen molar-refractivity contribution in [2.45, 2.75) is 16.7 Å². The average Bonchev–Trinajstić information content (AvgIpc) is 3.21. The van der Waals surface area contributed by atoms with Crippen LogP contribution in [0.4, 0.5) is 17.3 Å². The van der Waals surface area contributed by atoms with E-state index in [2.05, 4.69) is 25.1 Å². The van der Waals surface area contributed by atoms with Crippen LogP contribution in [0.2, 0.25) is 0 Å². The summed E-state index contributed by atoms with van der Waals surface area (Å²) < 4.78 is 33.6. The fraction of sp³-hybridized carbons (Fsp3) is 0.0370. The zero-order valence-corrected chi connectivity index (χ0v) is 18.1. The summed E-state index contributed by atoms with van der Waals surface area (Å²) in [5.41, 5.74) is 5.17. The van der Waals surface area contributed by atoms with E-state index in [1.807, 2.05) is 59.5 Å². The van der Waals surface area contributed by atoms with Gasteiger partial charge in [-0.15, -0.1) is 0 Å². The third kappa shape index (κ3) is 2.65. The van der Waals surface area contributed by atoms with E-state index >= 15 is 0 Å². The molecule has 0 amide bonds. The predicted molar refractivity (Wildman–Crippen MR) is 127 cm³/mol. The van der Waals surface area contributed by atoms with E-state index < -0.39 is 9.84 Å². The minimum atomic E-state index is -3.75. The molecule has 6 rings (SSSR count). The molecule has 0 aliphatic carbocycles. The van der Waals surface area contributed by atoms with Gasteiger partial charge in [-0.3, -0.25) is 4.90 Å². The molecule has 0 bridgehead atoms. The Bertz CT molecular complexity index is 1600. The van der Waals surface area contributed by atoms with Crippen LogP contribution in [0.1, 0.15) is 5.56 Å². The normalized spacial score (nSPS) is 14.2. The maximum atomic E-state index is 13.7. The zero-order valence-electron chi connectivity index (χ0n) is 17.3. The van der Waals surface area contributed by atoms with E-state index in [9.17, 15) is 8.42 Å². The first kappa shape index (κ1) is 18.9. The van der Waals surface area contributed by atoms with E-state index in [0.29, 0.717) is 22.5 Å². The first-order valence-corrected chi connectivity index (χ1v) is 11.9. The summed E-state index contributed by atoms with van der Waals surface area (Å²) in [5, 5.41) is 0.593. The van der Waals surface area contributed by atoms with Crippen LogP contribution in [0.25, 0.3) is 22.1 Å². The molecule has 5 aromatic rings. The summed E-state index contributed by atoms with van der Waals surface area (Å²) >= 11 is 0. The Balaban J connectivity index is 1.74. The lowest BCUT2D eigenvalue weighted by Gasteiger charge is -2.31. The molecule has 5 heteroatoms. The average molecular weight is 438 g/mol. The van der Waals surface area contributed by atoms with Crippen molar-refractivity contribution in [3.63, 3.8) is 0 Å². The third-order valence-electron chi connectivity index (χ3n) is 5.88. The number of furan rings is 1. The van der Waals surface area contributed by atoms with Crippen molar-refractivity contribution >= 4 is 38.1 Å². The standard InChI is InChI=1S/C27H19NO3S/c1-18-15-16-22(21(17-18)19-9-3-2-4-10-19)28-23-12-6-8-14-25(23)32(29,30)26-20-11-5-7-13-24(20)31-27(26)28/h2-17H,1H3. The highest BCUT2D eigenvalue weighted by Crippen LogP contribution is 2.53. The van der Waals surface area contributed by atoms with Crippen LogP contribution in [0.15, 0.2) is 111 Å². The molecule has 0 spiro atoms. The van der Waals surface area contributed by atoms with Crippen molar-refractivity contribution in [3.05, 3.63) is 103 Å². The summed E-state index contributed by atoms with van der Waals surface area (Å²) in [6, 6.07) is 30.7. The molecular weight excluding hydrogens is 418 g/mol. The number of aryl methyl sites for hydroxylation is 1. The topological polar surface area (TPSA) is 50.5 Å². The van der Waals surface area contributed by atoms with E-state index in [1.54, 1.807) is 24.3 Å². The smallest absolute Gasteiger partial charge is 0.225 e. The van der Waals surface area contributed by atoms with Crippen molar-refractivity contribution in [1.82, 2.24) is 0 Å². The Morgan fingerprint density at radius 1 is 0.750 bits per heavy atom. The molecular formula is C27H19NO3S. The van der Waals surface area contributed by atoms with Crippen LogP contribution in [0.3, 0.4) is 0 Å². The predicted octanol–water partition coefficient (Wildman–Crippen LogP) is 7.02. The maximum Gasteiger partial charge on any atom is 0.225 e. The van der Waals surface area contributed by atoms with Gasteiger partial charge in [0.25, 0.3) is 0 Å². The van der Waals surface area contributed by atoms with Crippen molar-refractivity contribution in [1.29, 1.82) is 0 Å². The lowest BCUT2D eigenvalue weighted by atomic mass is 10.00. The summed E-state index contributed by atoms with van der Waals surface area (Å²) in [5.74, 6) is 0.325. The van der Waals surface area contributed by atoms with E-state index in [4.69, 9.17) is 4.42 Å². The molecule has 0 unspecified atom stereocenters. The molecule has 4 aromatic carbocycles. The van der Waals surface area contributed by atoms with Crippen LogP contribution in [-0.4, -0.2) is 8.42 Å². The van der Waals surface area contributed by atoms with E-state index in [1.165, 1.54) is 0 Å². The van der Waals surface area contributed by atoms with Gasteiger partial charge in [-0.2, -0.15) is 0 Å². The number of hydrogen-bond donors (Lipinski definition) is 0. The van der Waals surface area contributed by atoms with Gasteiger partial charge in [-0.1, -0.05) is 66.2 Å². The van der Waals surface area contributed by atoms with Gasteiger partial charge in [0.1, 0.15) is 10.5 Å². The number of sulfone groups is 1. The number of anilines is 3. The molecule has 2 heterocycles. The van der Waals surface area contributed by atoms with Crippen LogP contribution >= 0.6 is 0 Å². The van der Waals surface area contributed by atoms with Gasteiger partial charge in [-0.25, -0.2) is 8.42 Å². The highest BCUT2D eigenvalue weighted by atomic mass is 32.2. The number of benzene rings is 4. The lowest BCUT2D eigenvalue weighted by Crippen LogP contribution is -2.21. The molecule has 0 N–H and O–H groups in total. The number of nitrogens with zero attached hydrogens (tertiary/aromatic N) is 1. The molecule has 1 aliphatic rings. The largest absolute Gasteiger partial charge is 0.438 e. The van der Waals surface area contributed by atoms with Gasteiger partial charge in [0.05, 0.1) is 16.3 Å². The molecule has 1 aliphatic heterocycles. The summed E-state index contributed by atoms with van der Waals surface area (Å²) in [4.78, 5) is 2.43. The van der Waals surface area contributed by atoms with E-state index in [0.717, 1.165) is 22.4 Å². The van der Waals surface area contributed by atoms with Gasteiger partial charge >= 0.3 is 0 Å². The van der Waals surface area contributed by atoms with Crippen LogP contribution in [-0.2, 0) is 9.84 Å². The summed E-state index contributed by atoms with van der Waals surface area (Å²) in [6.07, 6.45) is 0. The van der Waals surface area contributed by atoms with E-state index in [-0.39, 0.29) is 9.79 Å². The van der Waals surface area contributed by atoms with Crippen molar-refractivity contribution in [3.8, 4) is 11.1 Å².